The number of hydrogen-bond acceptors (Lipinski definition) is 4. The summed E-state index contributed by atoms with van der Waals surface area (Å²) in [6, 6.07) is 5.19. The quantitative estimate of drug-likeness (QED) is 0.882. The lowest BCUT2D eigenvalue weighted by atomic mass is 10.00. The molecule has 0 bridgehead atoms. The van der Waals surface area contributed by atoms with Gasteiger partial charge in [0.1, 0.15) is 11.5 Å². The number of hydrogen-bond donors (Lipinski definition) is 2. The van der Waals surface area contributed by atoms with Crippen molar-refractivity contribution in [2.45, 2.75) is 45.4 Å². The Morgan fingerprint density at radius 3 is 2.58 bits per heavy atom. The van der Waals surface area contributed by atoms with Crippen molar-refractivity contribution in [2.24, 2.45) is 0 Å². The Kier molecular flexibility index (Phi) is 4.32. The number of benzene rings is 1. The first-order chi connectivity index (χ1) is 9.04. The van der Waals surface area contributed by atoms with Crippen molar-refractivity contribution in [3.05, 3.63) is 23.8 Å². The van der Waals surface area contributed by atoms with Crippen molar-refractivity contribution in [3.63, 3.8) is 0 Å². The van der Waals surface area contributed by atoms with Gasteiger partial charge in [-0.25, -0.2) is 0 Å². The minimum absolute atomic E-state index is 0.0301. The number of morpholine rings is 1. The first kappa shape index (κ1) is 14.2. The van der Waals surface area contributed by atoms with Crippen LogP contribution in [-0.2, 0) is 4.74 Å². The molecule has 0 radical (unpaired) electrons. The summed E-state index contributed by atoms with van der Waals surface area (Å²) in [6.07, 6.45) is 1.17. The number of phenols is 2. The van der Waals surface area contributed by atoms with Crippen LogP contribution in [0.25, 0.3) is 0 Å². The third kappa shape index (κ3) is 2.85. The Bertz CT molecular complexity index is 415. The molecule has 1 heterocycles. The van der Waals surface area contributed by atoms with Crippen LogP contribution in [0.2, 0.25) is 0 Å². The standard InChI is InChI=1S/C15H23NO3/c1-4-12-9-19-10(2)8-16(12)11(3)15-13(17)6-5-7-14(15)18/h5-7,10-12,17-18H,4,8-9H2,1-3H3. The highest BCUT2D eigenvalue weighted by atomic mass is 16.5. The second kappa shape index (κ2) is 5.80. The molecular formula is C15H23NO3. The molecule has 2 rings (SSSR count). The molecule has 0 aliphatic carbocycles. The molecule has 1 aromatic carbocycles. The van der Waals surface area contributed by atoms with Crippen LogP contribution in [0.15, 0.2) is 18.2 Å². The zero-order chi connectivity index (χ0) is 14.0. The first-order valence-electron chi connectivity index (χ1n) is 6.92. The number of nitrogens with zero attached hydrogens (tertiary/aromatic N) is 1. The molecule has 2 N–H and O–H groups in total. The highest BCUT2D eigenvalue weighted by Gasteiger charge is 2.31. The van der Waals surface area contributed by atoms with Crippen LogP contribution in [0.4, 0.5) is 0 Å². The van der Waals surface area contributed by atoms with Gasteiger partial charge >= 0.3 is 0 Å². The molecular weight excluding hydrogens is 242 g/mol. The molecule has 4 heteroatoms. The lowest BCUT2D eigenvalue weighted by Crippen LogP contribution is -2.49. The van der Waals surface area contributed by atoms with Gasteiger partial charge in [-0.3, -0.25) is 4.90 Å². The van der Waals surface area contributed by atoms with Gasteiger partial charge in [-0.15, -0.1) is 0 Å². The smallest absolute Gasteiger partial charge is 0.124 e. The van der Waals surface area contributed by atoms with Gasteiger partial charge in [0.25, 0.3) is 0 Å². The van der Waals surface area contributed by atoms with Gasteiger partial charge in [-0.1, -0.05) is 13.0 Å². The molecule has 0 amide bonds. The van der Waals surface area contributed by atoms with Crippen molar-refractivity contribution < 1.29 is 14.9 Å². The molecule has 1 fully saturated rings. The largest absolute Gasteiger partial charge is 0.507 e. The Labute approximate surface area is 114 Å². The molecule has 1 aliphatic rings. The lowest BCUT2D eigenvalue weighted by molar-refractivity contribution is -0.0710. The van der Waals surface area contributed by atoms with E-state index in [1.165, 1.54) is 0 Å². The van der Waals surface area contributed by atoms with Gasteiger partial charge in [0, 0.05) is 18.6 Å². The molecule has 0 aromatic heterocycles. The monoisotopic (exact) mass is 265 g/mol. The normalized spacial score (nSPS) is 26.3. The minimum Gasteiger partial charge on any atom is -0.507 e. The summed E-state index contributed by atoms with van der Waals surface area (Å²) in [5.41, 5.74) is 0.607. The Balaban J connectivity index is 2.28. The van der Waals surface area contributed by atoms with Gasteiger partial charge in [-0.2, -0.15) is 0 Å². The number of ether oxygens (including phenoxy) is 1. The Morgan fingerprint density at radius 1 is 1.37 bits per heavy atom. The van der Waals surface area contributed by atoms with Crippen molar-refractivity contribution >= 4 is 0 Å². The molecule has 19 heavy (non-hydrogen) atoms. The van der Waals surface area contributed by atoms with Crippen LogP contribution in [-0.4, -0.2) is 40.4 Å². The first-order valence-corrected chi connectivity index (χ1v) is 6.92. The lowest BCUT2D eigenvalue weighted by Gasteiger charge is -2.42. The van der Waals surface area contributed by atoms with E-state index >= 15 is 0 Å². The maximum atomic E-state index is 10.00. The van der Waals surface area contributed by atoms with E-state index in [0.29, 0.717) is 18.2 Å². The molecule has 0 saturated carbocycles. The third-order valence-corrected chi connectivity index (χ3v) is 3.96. The summed E-state index contributed by atoms with van der Waals surface area (Å²) in [6.45, 7) is 7.73. The SMILES string of the molecule is CCC1COC(C)CN1C(C)c1c(O)cccc1O. The van der Waals surface area contributed by atoms with Gasteiger partial charge < -0.3 is 14.9 Å². The average molecular weight is 265 g/mol. The van der Waals surface area contributed by atoms with Crippen LogP contribution >= 0.6 is 0 Å². The number of aromatic hydroxyl groups is 2. The number of rotatable bonds is 3. The topological polar surface area (TPSA) is 52.9 Å². The van der Waals surface area contributed by atoms with Crippen LogP contribution in [0.3, 0.4) is 0 Å². The average Bonchev–Trinajstić information content (AvgIpc) is 2.38. The molecule has 106 valence electrons. The fourth-order valence-electron chi connectivity index (χ4n) is 2.83. The van der Waals surface area contributed by atoms with E-state index in [0.717, 1.165) is 13.0 Å². The van der Waals surface area contributed by atoms with Crippen molar-refractivity contribution in [2.75, 3.05) is 13.2 Å². The van der Waals surface area contributed by atoms with Crippen LogP contribution in [0.1, 0.15) is 38.8 Å². The van der Waals surface area contributed by atoms with Crippen LogP contribution in [0.5, 0.6) is 11.5 Å². The zero-order valence-corrected chi connectivity index (χ0v) is 11.8. The summed E-state index contributed by atoms with van der Waals surface area (Å²) in [7, 11) is 0. The van der Waals surface area contributed by atoms with Gasteiger partial charge in [-0.05, 0) is 32.4 Å². The van der Waals surface area contributed by atoms with Crippen molar-refractivity contribution in [1.82, 2.24) is 4.90 Å². The summed E-state index contributed by atoms with van der Waals surface area (Å²) in [5, 5.41) is 20.0. The molecule has 1 aromatic rings. The van der Waals surface area contributed by atoms with E-state index in [1.54, 1.807) is 18.2 Å². The molecule has 3 unspecified atom stereocenters. The predicted molar refractivity (Wildman–Crippen MR) is 74.4 cm³/mol. The van der Waals surface area contributed by atoms with E-state index in [4.69, 9.17) is 4.74 Å². The van der Waals surface area contributed by atoms with E-state index in [2.05, 4.69) is 18.7 Å². The van der Waals surface area contributed by atoms with Crippen molar-refractivity contribution in [3.8, 4) is 11.5 Å². The maximum Gasteiger partial charge on any atom is 0.124 e. The van der Waals surface area contributed by atoms with Gasteiger partial charge in [0.05, 0.1) is 18.3 Å². The van der Waals surface area contributed by atoms with Crippen LogP contribution in [0, 0.1) is 0 Å². The molecule has 1 saturated heterocycles. The summed E-state index contributed by atoms with van der Waals surface area (Å²) in [4.78, 5) is 2.31. The van der Waals surface area contributed by atoms with Gasteiger partial charge in [0.2, 0.25) is 0 Å². The molecule has 0 spiro atoms. The highest BCUT2D eigenvalue weighted by Crippen LogP contribution is 2.37. The second-order valence-electron chi connectivity index (χ2n) is 5.29. The van der Waals surface area contributed by atoms with Crippen LogP contribution < -0.4 is 0 Å². The molecule has 4 nitrogen and oxygen atoms in total. The highest BCUT2D eigenvalue weighted by molar-refractivity contribution is 5.45. The van der Waals surface area contributed by atoms with E-state index < -0.39 is 0 Å². The molecule has 3 atom stereocenters. The van der Waals surface area contributed by atoms with E-state index in [1.807, 2.05) is 6.92 Å². The maximum absolute atomic E-state index is 10.00. The van der Waals surface area contributed by atoms with Crippen molar-refractivity contribution in [1.29, 1.82) is 0 Å². The third-order valence-electron chi connectivity index (χ3n) is 3.96. The predicted octanol–water partition coefficient (Wildman–Crippen LogP) is 2.66. The number of phenolic OH excluding ortho intramolecular Hbond substituents is 2. The second-order valence-corrected chi connectivity index (χ2v) is 5.29. The fourth-order valence-corrected chi connectivity index (χ4v) is 2.83. The zero-order valence-electron chi connectivity index (χ0n) is 11.8. The minimum atomic E-state index is -0.0301. The summed E-state index contributed by atoms with van der Waals surface area (Å²) >= 11 is 0. The van der Waals surface area contributed by atoms with E-state index in [9.17, 15) is 10.2 Å². The Hall–Kier alpha value is -1.26. The Morgan fingerprint density at radius 2 is 2.00 bits per heavy atom. The summed E-state index contributed by atoms with van der Waals surface area (Å²) < 4.78 is 5.69. The summed E-state index contributed by atoms with van der Waals surface area (Å²) in [5.74, 6) is 0.308. The van der Waals surface area contributed by atoms with Gasteiger partial charge in [0.15, 0.2) is 0 Å². The van der Waals surface area contributed by atoms with E-state index in [-0.39, 0.29) is 23.6 Å². The molecule has 1 aliphatic heterocycles. The fraction of sp³-hybridized carbons (Fsp3) is 0.600.